The number of rotatable bonds is 8. The van der Waals surface area contributed by atoms with Crippen LogP contribution in [0.1, 0.15) is 60.5 Å². The lowest BCUT2D eigenvalue weighted by molar-refractivity contribution is 0.0954. The van der Waals surface area contributed by atoms with Crippen LogP contribution in [0.25, 0.3) is 0 Å². The standard InChI is InChI=1S/C32H35ClN4O4S/c33-26-10-12-27(13-11-26)42(40,41)35-28-18-24(32(39)34-16-15-22-5-2-1-3-6-22)9-14-30(28)36-19-23-17-25(21-36)29-7-4-8-31(38)37(29)20-23/h4-5,7-14,18,23,25,35H,1-3,6,15-17,19-21H2,(H,34,39)/t23-,25+/m1/s1. The van der Waals surface area contributed by atoms with E-state index in [9.17, 15) is 18.0 Å². The normalized spacial score (nSPS) is 19.9. The monoisotopic (exact) mass is 606 g/mol. The molecule has 1 aromatic heterocycles. The van der Waals surface area contributed by atoms with Gasteiger partial charge >= 0.3 is 0 Å². The van der Waals surface area contributed by atoms with Crippen LogP contribution in [0, 0.1) is 5.92 Å². The average Bonchev–Trinajstić information content (AvgIpc) is 2.98. The van der Waals surface area contributed by atoms with Crippen molar-refractivity contribution in [1.29, 1.82) is 0 Å². The molecule has 2 aliphatic heterocycles. The summed E-state index contributed by atoms with van der Waals surface area (Å²) in [7, 11) is -3.96. The molecule has 0 radical (unpaired) electrons. The molecule has 2 N–H and O–H groups in total. The number of amides is 1. The minimum Gasteiger partial charge on any atom is -0.369 e. The summed E-state index contributed by atoms with van der Waals surface area (Å²) in [5.41, 5.74) is 3.85. The van der Waals surface area contributed by atoms with Crippen molar-refractivity contribution in [2.75, 3.05) is 29.3 Å². The van der Waals surface area contributed by atoms with Gasteiger partial charge in [0, 0.05) is 54.4 Å². The van der Waals surface area contributed by atoms with Gasteiger partial charge in [-0.05, 0) is 93.0 Å². The van der Waals surface area contributed by atoms with Gasteiger partial charge in [-0.3, -0.25) is 14.3 Å². The molecule has 220 valence electrons. The maximum atomic E-state index is 13.5. The summed E-state index contributed by atoms with van der Waals surface area (Å²) < 4.78 is 31.5. The molecule has 0 spiro atoms. The second-order valence-electron chi connectivity index (χ2n) is 11.5. The van der Waals surface area contributed by atoms with Gasteiger partial charge in [-0.15, -0.1) is 0 Å². The van der Waals surface area contributed by atoms with Crippen molar-refractivity contribution in [3.05, 3.63) is 98.9 Å². The van der Waals surface area contributed by atoms with Crippen LogP contribution in [-0.2, 0) is 16.6 Å². The maximum Gasteiger partial charge on any atom is 0.261 e. The summed E-state index contributed by atoms with van der Waals surface area (Å²) in [4.78, 5) is 27.9. The van der Waals surface area contributed by atoms with Crippen molar-refractivity contribution in [2.24, 2.45) is 5.92 Å². The number of anilines is 2. The Bertz CT molecular complexity index is 1680. The van der Waals surface area contributed by atoms with Crippen molar-refractivity contribution in [3.8, 4) is 0 Å². The van der Waals surface area contributed by atoms with Gasteiger partial charge in [0.1, 0.15) is 0 Å². The summed E-state index contributed by atoms with van der Waals surface area (Å²) in [6, 6.07) is 16.6. The van der Waals surface area contributed by atoms with Crippen molar-refractivity contribution in [2.45, 2.75) is 55.9 Å². The van der Waals surface area contributed by atoms with E-state index < -0.39 is 10.0 Å². The molecular weight excluding hydrogens is 572 g/mol. The van der Waals surface area contributed by atoms with Gasteiger partial charge in [0.25, 0.3) is 21.5 Å². The van der Waals surface area contributed by atoms with Crippen molar-refractivity contribution in [1.82, 2.24) is 9.88 Å². The van der Waals surface area contributed by atoms with Crippen LogP contribution in [0.3, 0.4) is 0 Å². The number of nitrogens with one attached hydrogen (secondary N) is 2. The summed E-state index contributed by atoms with van der Waals surface area (Å²) in [6.45, 7) is 2.47. The van der Waals surface area contributed by atoms with Crippen LogP contribution in [0.5, 0.6) is 0 Å². The number of benzene rings is 2. The average molecular weight is 607 g/mol. The van der Waals surface area contributed by atoms with Gasteiger partial charge < -0.3 is 14.8 Å². The molecule has 3 aliphatic rings. The number of hydrogen-bond donors (Lipinski definition) is 2. The van der Waals surface area contributed by atoms with E-state index in [2.05, 4.69) is 21.0 Å². The third kappa shape index (κ3) is 6.13. The summed E-state index contributed by atoms with van der Waals surface area (Å²) in [6.07, 6.45) is 8.67. The first-order valence-electron chi connectivity index (χ1n) is 14.6. The van der Waals surface area contributed by atoms with Crippen molar-refractivity contribution in [3.63, 3.8) is 0 Å². The maximum absolute atomic E-state index is 13.5. The number of carbonyl (C=O) groups is 1. The van der Waals surface area contributed by atoms with Crippen LogP contribution < -0.4 is 20.5 Å². The largest absolute Gasteiger partial charge is 0.369 e. The van der Waals surface area contributed by atoms with Gasteiger partial charge in [-0.2, -0.15) is 0 Å². The van der Waals surface area contributed by atoms with Crippen LogP contribution in [0.2, 0.25) is 5.02 Å². The van der Waals surface area contributed by atoms with Crippen molar-refractivity contribution < 1.29 is 13.2 Å². The second-order valence-corrected chi connectivity index (χ2v) is 13.6. The Morgan fingerprint density at radius 2 is 1.83 bits per heavy atom. The molecule has 1 aliphatic carbocycles. The molecule has 3 aromatic rings. The number of hydrogen-bond acceptors (Lipinski definition) is 5. The lowest BCUT2D eigenvalue weighted by Crippen LogP contribution is -2.47. The lowest BCUT2D eigenvalue weighted by Gasteiger charge is -2.44. The van der Waals surface area contributed by atoms with Gasteiger partial charge in [-0.1, -0.05) is 29.3 Å². The molecule has 10 heteroatoms. The Morgan fingerprint density at radius 1 is 1.00 bits per heavy atom. The van der Waals surface area contributed by atoms with Crippen LogP contribution >= 0.6 is 11.6 Å². The van der Waals surface area contributed by atoms with E-state index in [4.69, 9.17) is 11.6 Å². The molecule has 2 bridgehead atoms. The topological polar surface area (TPSA) is 101 Å². The fourth-order valence-corrected chi connectivity index (χ4v) is 7.71. The summed E-state index contributed by atoms with van der Waals surface area (Å²) >= 11 is 6.00. The summed E-state index contributed by atoms with van der Waals surface area (Å²) in [5.74, 6) is 0.145. The van der Waals surface area contributed by atoms with E-state index in [-0.39, 0.29) is 28.2 Å². The molecule has 0 unspecified atom stereocenters. The number of aromatic nitrogens is 1. The van der Waals surface area contributed by atoms with Crippen LogP contribution in [0.4, 0.5) is 11.4 Å². The highest BCUT2D eigenvalue weighted by molar-refractivity contribution is 7.92. The molecule has 2 atom stereocenters. The molecule has 0 saturated carbocycles. The first-order chi connectivity index (χ1) is 20.3. The second kappa shape index (κ2) is 12.0. The van der Waals surface area contributed by atoms with Gasteiger partial charge in [0.2, 0.25) is 0 Å². The quantitative estimate of drug-likeness (QED) is 0.328. The number of allylic oxidation sites excluding steroid dienone is 1. The lowest BCUT2D eigenvalue weighted by atomic mass is 9.83. The van der Waals surface area contributed by atoms with Gasteiger partial charge in [0.05, 0.1) is 16.3 Å². The molecule has 1 amide bonds. The van der Waals surface area contributed by atoms with E-state index >= 15 is 0 Å². The minimum absolute atomic E-state index is 0.0159. The molecule has 8 nitrogen and oxygen atoms in total. The Labute approximate surface area is 251 Å². The summed E-state index contributed by atoms with van der Waals surface area (Å²) in [5, 5.41) is 3.45. The van der Waals surface area contributed by atoms with E-state index in [0.29, 0.717) is 48.1 Å². The molecule has 1 saturated heterocycles. The molecular formula is C32H35ClN4O4S. The first kappa shape index (κ1) is 28.6. The number of halogens is 1. The van der Waals surface area contributed by atoms with Gasteiger partial charge in [-0.25, -0.2) is 8.42 Å². The van der Waals surface area contributed by atoms with E-state index in [1.54, 1.807) is 24.3 Å². The predicted molar refractivity (Wildman–Crippen MR) is 166 cm³/mol. The highest BCUT2D eigenvalue weighted by Gasteiger charge is 2.35. The molecule has 42 heavy (non-hydrogen) atoms. The Kier molecular flexibility index (Phi) is 8.14. The van der Waals surface area contributed by atoms with Gasteiger partial charge in [0.15, 0.2) is 0 Å². The van der Waals surface area contributed by atoms with E-state index in [1.165, 1.54) is 42.7 Å². The molecule has 6 rings (SSSR count). The highest BCUT2D eigenvalue weighted by atomic mass is 35.5. The Hall–Kier alpha value is -3.56. The number of piperidine rings is 1. The Balaban J connectivity index is 1.28. The number of fused-ring (bicyclic) bond motifs is 4. The van der Waals surface area contributed by atoms with Crippen LogP contribution in [-0.4, -0.2) is 38.5 Å². The number of pyridine rings is 1. The molecule has 3 heterocycles. The fraction of sp³-hybridized carbons (Fsp3) is 0.375. The first-order valence-corrected chi connectivity index (χ1v) is 16.5. The zero-order chi connectivity index (χ0) is 29.3. The number of carbonyl (C=O) groups excluding carboxylic acids is 1. The number of sulfonamides is 1. The van der Waals surface area contributed by atoms with Crippen molar-refractivity contribution >= 4 is 38.9 Å². The zero-order valence-electron chi connectivity index (χ0n) is 23.4. The smallest absolute Gasteiger partial charge is 0.261 e. The van der Waals surface area contributed by atoms with E-state index in [0.717, 1.165) is 31.4 Å². The number of nitrogens with zero attached hydrogens (tertiary/aromatic N) is 2. The minimum atomic E-state index is -3.96. The predicted octanol–water partition coefficient (Wildman–Crippen LogP) is 5.55. The third-order valence-electron chi connectivity index (χ3n) is 8.56. The SMILES string of the molecule is O=C(NCCC1=CCCCC1)c1ccc(N2C[C@H]3C[C@@H](C2)c2cccc(=O)n2C3)c(NS(=O)(=O)c2ccc(Cl)cc2)c1. The highest BCUT2D eigenvalue weighted by Crippen LogP contribution is 2.40. The molecule has 2 aromatic carbocycles. The fourth-order valence-electron chi connectivity index (χ4n) is 6.52. The van der Waals surface area contributed by atoms with E-state index in [1.807, 2.05) is 16.7 Å². The third-order valence-corrected chi connectivity index (χ3v) is 10.2. The zero-order valence-corrected chi connectivity index (χ0v) is 25.0. The van der Waals surface area contributed by atoms with Crippen LogP contribution in [0.15, 0.2) is 82.0 Å². The Morgan fingerprint density at radius 3 is 2.62 bits per heavy atom. The molecule has 1 fully saturated rings.